The highest BCUT2D eigenvalue weighted by molar-refractivity contribution is 6.30. The SMILES string of the molecule is CC1(C)[C@@H]2CC[C@@](C)(C2)[C@H]1NC(=O)c1nc(-c2cccc(Cl)c2)c2ccccn12. The Bertz CT molecular complexity index is 1110. The van der Waals surface area contributed by atoms with Crippen molar-refractivity contribution in [2.45, 2.75) is 46.1 Å². The van der Waals surface area contributed by atoms with Crippen LogP contribution in [0.4, 0.5) is 0 Å². The minimum atomic E-state index is -0.105. The molecule has 5 rings (SSSR count). The number of pyridine rings is 1. The molecule has 1 aromatic carbocycles. The van der Waals surface area contributed by atoms with Gasteiger partial charge < -0.3 is 5.32 Å². The molecule has 0 aliphatic heterocycles. The molecule has 2 saturated carbocycles. The molecule has 0 saturated heterocycles. The van der Waals surface area contributed by atoms with Crippen LogP contribution in [-0.2, 0) is 0 Å². The third-order valence-corrected chi connectivity index (χ3v) is 7.63. The molecule has 150 valence electrons. The maximum atomic E-state index is 13.4. The topological polar surface area (TPSA) is 46.4 Å². The van der Waals surface area contributed by atoms with E-state index >= 15 is 0 Å². The van der Waals surface area contributed by atoms with Gasteiger partial charge in [-0.1, -0.05) is 50.6 Å². The summed E-state index contributed by atoms with van der Waals surface area (Å²) in [5, 5.41) is 4.03. The van der Waals surface area contributed by atoms with E-state index in [-0.39, 0.29) is 22.8 Å². The van der Waals surface area contributed by atoms with Crippen molar-refractivity contribution in [3.63, 3.8) is 0 Å². The van der Waals surface area contributed by atoms with Gasteiger partial charge in [-0.2, -0.15) is 0 Å². The quantitative estimate of drug-likeness (QED) is 0.614. The average Bonchev–Trinajstić information content (AvgIpc) is 3.32. The van der Waals surface area contributed by atoms with Crippen molar-refractivity contribution in [2.75, 3.05) is 0 Å². The van der Waals surface area contributed by atoms with Gasteiger partial charge in [0.1, 0.15) is 0 Å². The molecule has 1 amide bonds. The number of imidazole rings is 1. The second-order valence-electron chi connectivity index (χ2n) is 9.57. The number of rotatable bonds is 3. The van der Waals surface area contributed by atoms with E-state index in [4.69, 9.17) is 16.6 Å². The third kappa shape index (κ3) is 2.80. The summed E-state index contributed by atoms with van der Waals surface area (Å²) in [5.41, 5.74) is 2.86. The fourth-order valence-electron chi connectivity index (χ4n) is 5.90. The van der Waals surface area contributed by atoms with Gasteiger partial charge in [0, 0.05) is 22.8 Å². The Kier molecular flexibility index (Phi) is 4.08. The number of nitrogens with zero attached hydrogens (tertiary/aromatic N) is 2. The van der Waals surface area contributed by atoms with E-state index in [0.717, 1.165) is 16.8 Å². The first-order valence-electron chi connectivity index (χ1n) is 10.3. The summed E-state index contributed by atoms with van der Waals surface area (Å²) in [6.07, 6.45) is 5.54. The van der Waals surface area contributed by atoms with E-state index in [2.05, 4.69) is 26.1 Å². The third-order valence-electron chi connectivity index (χ3n) is 7.39. The molecular formula is C24H26ClN3O. The minimum Gasteiger partial charge on any atom is -0.346 e. The summed E-state index contributed by atoms with van der Waals surface area (Å²) in [6.45, 7) is 6.93. The first-order chi connectivity index (χ1) is 13.8. The summed E-state index contributed by atoms with van der Waals surface area (Å²) in [5.74, 6) is 1.00. The number of fused-ring (bicyclic) bond motifs is 3. The molecule has 0 radical (unpaired) electrons. The maximum absolute atomic E-state index is 13.4. The summed E-state index contributed by atoms with van der Waals surface area (Å²) in [4.78, 5) is 18.2. The lowest BCUT2D eigenvalue weighted by Gasteiger charge is -2.42. The van der Waals surface area contributed by atoms with Gasteiger partial charge in [0.15, 0.2) is 0 Å². The van der Waals surface area contributed by atoms with Crippen LogP contribution >= 0.6 is 11.6 Å². The number of carbonyl (C=O) groups is 1. The molecule has 2 fully saturated rings. The van der Waals surface area contributed by atoms with E-state index < -0.39 is 0 Å². The van der Waals surface area contributed by atoms with Gasteiger partial charge in [0.05, 0.1) is 11.2 Å². The van der Waals surface area contributed by atoms with Gasteiger partial charge in [0.2, 0.25) is 5.82 Å². The molecule has 4 nitrogen and oxygen atoms in total. The van der Waals surface area contributed by atoms with Crippen LogP contribution in [0.15, 0.2) is 48.7 Å². The van der Waals surface area contributed by atoms with Crippen molar-refractivity contribution in [2.24, 2.45) is 16.7 Å². The van der Waals surface area contributed by atoms with Crippen molar-refractivity contribution in [1.29, 1.82) is 0 Å². The Morgan fingerprint density at radius 3 is 2.76 bits per heavy atom. The number of hydrogen-bond acceptors (Lipinski definition) is 2. The zero-order valence-corrected chi connectivity index (χ0v) is 17.8. The van der Waals surface area contributed by atoms with E-state index in [1.54, 1.807) is 0 Å². The molecule has 2 aliphatic carbocycles. The van der Waals surface area contributed by atoms with Gasteiger partial charge in [-0.05, 0) is 60.3 Å². The first kappa shape index (κ1) is 18.7. The highest BCUT2D eigenvalue weighted by atomic mass is 35.5. The van der Waals surface area contributed by atoms with Crippen LogP contribution in [0.1, 0.15) is 50.7 Å². The highest BCUT2D eigenvalue weighted by Crippen LogP contribution is 2.62. The Morgan fingerprint density at radius 1 is 1.21 bits per heavy atom. The molecule has 0 spiro atoms. The molecule has 3 aromatic rings. The van der Waals surface area contributed by atoms with Gasteiger partial charge in [-0.3, -0.25) is 9.20 Å². The van der Waals surface area contributed by atoms with E-state index in [0.29, 0.717) is 16.8 Å². The van der Waals surface area contributed by atoms with Gasteiger partial charge >= 0.3 is 0 Å². The zero-order chi connectivity index (χ0) is 20.4. The van der Waals surface area contributed by atoms with Gasteiger partial charge in [-0.15, -0.1) is 0 Å². The number of amides is 1. The van der Waals surface area contributed by atoms with Crippen LogP contribution in [-0.4, -0.2) is 21.3 Å². The predicted octanol–water partition coefficient (Wildman–Crippen LogP) is 5.60. The molecule has 2 aromatic heterocycles. The molecule has 1 N–H and O–H groups in total. The van der Waals surface area contributed by atoms with E-state index in [9.17, 15) is 4.79 Å². The Balaban J connectivity index is 1.55. The van der Waals surface area contributed by atoms with Gasteiger partial charge in [-0.25, -0.2) is 4.98 Å². The van der Waals surface area contributed by atoms with Crippen LogP contribution in [0.3, 0.4) is 0 Å². The van der Waals surface area contributed by atoms with Crippen LogP contribution in [0.5, 0.6) is 0 Å². The van der Waals surface area contributed by atoms with Crippen molar-refractivity contribution in [3.05, 3.63) is 59.5 Å². The summed E-state index contributed by atoms with van der Waals surface area (Å²) < 4.78 is 1.88. The molecule has 2 heterocycles. The van der Waals surface area contributed by atoms with Crippen LogP contribution in [0, 0.1) is 16.7 Å². The monoisotopic (exact) mass is 407 g/mol. The first-order valence-corrected chi connectivity index (χ1v) is 10.7. The Labute approximate surface area is 176 Å². The summed E-state index contributed by atoms with van der Waals surface area (Å²) in [7, 11) is 0. The predicted molar refractivity (Wildman–Crippen MR) is 116 cm³/mol. The number of benzene rings is 1. The second-order valence-corrected chi connectivity index (χ2v) is 10.0. The molecule has 29 heavy (non-hydrogen) atoms. The summed E-state index contributed by atoms with van der Waals surface area (Å²) in [6, 6.07) is 13.7. The van der Waals surface area contributed by atoms with Crippen LogP contribution < -0.4 is 5.32 Å². The smallest absolute Gasteiger partial charge is 0.287 e. The molecule has 2 aliphatic rings. The standard InChI is InChI=1S/C24H26ClN3O/c1-23(2)16-10-11-24(3,14-16)22(23)27-21(29)20-26-19(15-7-6-8-17(25)13-15)18-9-4-5-12-28(18)20/h4-9,12-13,16,22H,10-11,14H2,1-3H3,(H,27,29)/t16-,22+,24+/m1/s1. The molecule has 2 bridgehead atoms. The molecule has 3 atom stereocenters. The average molecular weight is 408 g/mol. The largest absolute Gasteiger partial charge is 0.346 e. The second kappa shape index (κ2) is 6.33. The van der Waals surface area contributed by atoms with Gasteiger partial charge in [0.25, 0.3) is 5.91 Å². The van der Waals surface area contributed by atoms with E-state index in [1.807, 2.05) is 53.1 Å². The molecule has 0 unspecified atom stereocenters. The lowest BCUT2D eigenvalue weighted by Crippen LogP contribution is -2.52. The Hall–Kier alpha value is -2.33. The van der Waals surface area contributed by atoms with Crippen LogP contribution in [0.2, 0.25) is 5.02 Å². The number of nitrogens with one attached hydrogen (secondary N) is 1. The minimum absolute atomic E-state index is 0.103. The van der Waals surface area contributed by atoms with Crippen LogP contribution in [0.25, 0.3) is 16.8 Å². The van der Waals surface area contributed by atoms with Crippen molar-refractivity contribution < 1.29 is 4.79 Å². The number of halogens is 1. The fraction of sp³-hybridized carbons (Fsp3) is 0.417. The Morgan fingerprint density at radius 2 is 2.03 bits per heavy atom. The lowest BCUT2D eigenvalue weighted by atomic mass is 9.68. The summed E-state index contributed by atoms with van der Waals surface area (Å²) >= 11 is 6.20. The molecular weight excluding hydrogens is 382 g/mol. The number of aromatic nitrogens is 2. The maximum Gasteiger partial charge on any atom is 0.287 e. The number of carbonyl (C=O) groups excluding carboxylic acids is 1. The van der Waals surface area contributed by atoms with Crippen molar-refractivity contribution in [3.8, 4) is 11.3 Å². The number of hydrogen-bond donors (Lipinski definition) is 1. The molecule has 5 heteroatoms. The zero-order valence-electron chi connectivity index (χ0n) is 17.1. The van der Waals surface area contributed by atoms with Crippen molar-refractivity contribution >= 4 is 23.0 Å². The van der Waals surface area contributed by atoms with Crippen molar-refractivity contribution in [1.82, 2.24) is 14.7 Å². The normalized spacial score (nSPS) is 27.4. The fourth-order valence-corrected chi connectivity index (χ4v) is 6.09. The van der Waals surface area contributed by atoms with E-state index in [1.165, 1.54) is 19.3 Å². The highest BCUT2D eigenvalue weighted by Gasteiger charge is 2.59. The lowest BCUT2D eigenvalue weighted by molar-refractivity contribution is 0.0728.